The van der Waals surface area contributed by atoms with Crippen molar-refractivity contribution in [3.05, 3.63) is 41.2 Å². The number of carbonyl (C=O) groups excluding carboxylic acids is 5. The number of rotatable bonds is 32. The average Bonchev–Trinajstić information content (AvgIpc) is 3.70. The Hall–Kier alpha value is -7.94. The minimum Gasteiger partial charge on any atom is -0.481 e. The molecule has 4 atom stereocenters. The maximum atomic E-state index is 13.3. The van der Waals surface area contributed by atoms with Crippen LogP contribution in [0.3, 0.4) is 0 Å². The molecule has 0 aliphatic heterocycles. The van der Waals surface area contributed by atoms with Gasteiger partial charge < -0.3 is 67.9 Å². The van der Waals surface area contributed by atoms with Crippen molar-refractivity contribution >= 4 is 71.3 Å². The van der Waals surface area contributed by atoms with E-state index in [1.165, 1.54) is 29.1 Å². The van der Waals surface area contributed by atoms with Crippen LogP contribution in [0.5, 0.6) is 0 Å². The first-order valence-corrected chi connectivity index (χ1v) is 20.6. The van der Waals surface area contributed by atoms with Gasteiger partial charge in [-0.3, -0.25) is 28.4 Å². The number of urea groups is 2. The fourth-order valence-electron chi connectivity index (χ4n) is 5.92. The summed E-state index contributed by atoms with van der Waals surface area (Å²) in [4.78, 5) is 132. The van der Waals surface area contributed by atoms with Crippen LogP contribution < -0.4 is 37.2 Å². The number of nitrogens with zero attached hydrogens (tertiary/aromatic N) is 3. The van der Waals surface area contributed by atoms with Crippen molar-refractivity contribution < 1.29 is 87.8 Å². The quantitative estimate of drug-likeness (QED) is 0.0421. The molecule has 0 bridgehead atoms. The third-order valence-electron chi connectivity index (χ3n) is 9.32. The van der Waals surface area contributed by atoms with Crippen molar-refractivity contribution in [3.8, 4) is 0 Å². The first kappa shape index (κ1) is 55.2. The van der Waals surface area contributed by atoms with Gasteiger partial charge in [-0.2, -0.15) is 0 Å². The zero-order valence-corrected chi connectivity index (χ0v) is 35.8. The van der Waals surface area contributed by atoms with Gasteiger partial charge in [-0.15, -0.1) is 5.10 Å². The number of benzene rings is 1. The lowest BCUT2D eigenvalue weighted by Gasteiger charge is -2.18. The number of amides is 7. The van der Waals surface area contributed by atoms with E-state index in [-0.39, 0.29) is 87.8 Å². The molecule has 28 heteroatoms. The van der Waals surface area contributed by atoms with Gasteiger partial charge in [-0.05, 0) is 82.4 Å². The van der Waals surface area contributed by atoms with E-state index in [1.54, 1.807) is 0 Å². The van der Waals surface area contributed by atoms with Gasteiger partial charge in [0.2, 0.25) is 5.91 Å². The maximum Gasteiger partial charge on any atom is 0.326 e. The SMILES string of the molecule is O=C(O)CCC(NC(=O)N[C@@H](CCCCNC(=O)c1cc(NC(=O)Cn2cc(CCCF)nn2)cc(C(=O)NCCCC[C@H](NC(=O)N[C@@H](CCC(=O)O)C(=O)O)C(=O)O)c1)C(=O)O)C(=O)O. The lowest BCUT2D eigenvalue weighted by molar-refractivity contribution is -0.142. The van der Waals surface area contributed by atoms with Gasteiger partial charge in [0.05, 0.1) is 12.4 Å². The lowest BCUT2D eigenvalue weighted by Crippen LogP contribution is -2.51. The molecule has 1 aromatic carbocycles. The Kier molecular flexibility index (Phi) is 23.7. The third kappa shape index (κ3) is 22.0. The number of anilines is 1. The Bertz CT molecular complexity index is 1990. The highest BCUT2D eigenvalue weighted by molar-refractivity contribution is 6.02. The lowest BCUT2D eigenvalue weighted by atomic mass is 10.1. The van der Waals surface area contributed by atoms with Crippen molar-refractivity contribution in [1.29, 1.82) is 0 Å². The molecule has 1 aromatic heterocycles. The minimum atomic E-state index is -1.60. The fraction of sp³-hybridized carbons (Fsp3) is 0.513. The number of hydrogen-bond donors (Lipinski definition) is 13. The zero-order chi connectivity index (χ0) is 50.1. The normalized spacial score (nSPS) is 12.5. The number of aromatic nitrogens is 3. The molecule has 0 saturated heterocycles. The molecule has 0 aliphatic rings. The predicted octanol–water partition coefficient (Wildman–Crippen LogP) is -0.240. The zero-order valence-electron chi connectivity index (χ0n) is 35.8. The van der Waals surface area contributed by atoms with Crippen molar-refractivity contribution in [2.75, 3.05) is 25.1 Å². The molecule has 67 heavy (non-hydrogen) atoms. The molecule has 0 radical (unpaired) electrons. The number of halogens is 1. The number of carbonyl (C=O) groups is 11. The van der Waals surface area contributed by atoms with E-state index in [2.05, 4.69) is 36.9 Å². The van der Waals surface area contributed by atoms with Crippen molar-refractivity contribution in [3.63, 3.8) is 0 Å². The van der Waals surface area contributed by atoms with Gasteiger partial charge in [0.1, 0.15) is 30.7 Å². The summed E-state index contributed by atoms with van der Waals surface area (Å²) in [6.07, 6.45) is 0.154. The summed E-state index contributed by atoms with van der Waals surface area (Å²) in [6, 6.07) is -4.73. The van der Waals surface area contributed by atoms with Crippen molar-refractivity contribution in [2.24, 2.45) is 0 Å². The molecular formula is C39H53FN10O17. The van der Waals surface area contributed by atoms with Crippen LogP contribution in [0.2, 0.25) is 0 Å². The Morgan fingerprint density at radius 2 is 0.985 bits per heavy atom. The first-order valence-electron chi connectivity index (χ1n) is 20.6. The summed E-state index contributed by atoms with van der Waals surface area (Å²) in [7, 11) is 0. The Morgan fingerprint density at radius 1 is 0.567 bits per heavy atom. The molecular weight excluding hydrogens is 899 g/mol. The van der Waals surface area contributed by atoms with Gasteiger partial charge in [0, 0.05) is 48.9 Å². The molecule has 0 spiro atoms. The number of carboxylic acid groups (broad SMARTS) is 6. The van der Waals surface area contributed by atoms with Gasteiger partial charge >= 0.3 is 47.9 Å². The summed E-state index contributed by atoms with van der Waals surface area (Å²) in [5, 5.41) is 79.0. The molecule has 2 aromatic rings. The highest BCUT2D eigenvalue weighted by Crippen LogP contribution is 2.17. The third-order valence-corrected chi connectivity index (χ3v) is 9.32. The molecule has 368 valence electrons. The van der Waals surface area contributed by atoms with E-state index in [0.717, 1.165) is 0 Å². The predicted molar refractivity (Wildman–Crippen MR) is 225 cm³/mol. The van der Waals surface area contributed by atoms with E-state index >= 15 is 0 Å². The second kappa shape index (κ2) is 28.8. The summed E-state index contributed by atoms with van der Waals surface area (Å²) in [5.41, 5.74) is 0.249. The van der Waals surface area contributed by atoms with Crippen LogP contribution >= 0.6 is 0 Å². The number of aliphatic carboxylic acids is 6. The summed E-state index contributed by atoms with van der Waals surface area (Å²) in [5.74, 6) is -10.6. The van der Waals surface area contributed by atoms with E-state index in [0.29, 0.717) is 5.69 Å². The summed E-state index contributed by atoms with van der Waals surface area (Å²) < 4.78 is 13.8. The highest BCUT2D eigenvalue weighted by Gasteiger charge is 2.26. The fourth-order valence-corrected chi connectivity index (χ4v) is 5.92. The second-order valence-corrected chi connectivity index (χ2v) is 14.7. The molecule has 2 rings (SSSR count). The number of alkyl halides is 1. The largest absolute Gasteiger partial charge is 0.481 e. The molecule has 7 amide bonds. The first-order chi connectivity index (χ1) is 31.7. The molecule has 13 N–H and O–H groups in total. The van der Waals surface area contributed by atoms with E-state index < -0.39 is 122 Å². The van der Waals surface area contributed by atoms with Gasteiger partial charge in [-0.25, -0.2) is 33.4 Å². The van der Waals surface area contributed by atoms with Gasteiger partial charge in [-0.1, -0.05) is 5.21 Å². The average molecular weight is 953 g/mol. The summed E-state index contributed by atoms with van der Waals surface area (Å²) in [6.45, 7) is -1.00. The molecule has 0 fully saturated rings. The molecule has 27 nitrogen and oxygen atoms in total. The molecule has 1 heterocycles. The van der Waals surface area contributed by atoms with Gasteiger partial charge in [0.15, 0.2) is 0 Å². The minimum absolute atomic E-state index is 0.00376. The molecule has 0 aliphatic carbocycles. The van der Waals surface area contributed by atoms with Crippen molar-refractivity contribution in [2.45, 2.75) is 108 Å². The second-order valence-electron chi connectivity index (χ2n) is 14.7. The molecule has 1 unspecified atom stereocenters. The van der Waals surface area contributed by atoms with Crippen LogP contribution in [0.25, 0.3) is 0 Å². The molecule has 0 saturated carbocycles. The van der Waals surface area contributed by atoms with Gasteiger partial charge in [0.25, 0.3) is 11.8 Å². The Balaban J connectivity index is 2.08. The highest BCUT2D eigenvalue weighted by atomic mass is 19.1. The van der Waals surface area contributed by atoms with Crippen molar-refractivity contribution in [1.82, 2.24) is 46.9 Å². The van der Waals surface area contributed by atoms with Crippen LogP contribution in [0.15, 0.2) is 24.4 Å². The maximum absolute atomic E-state index is 13.3. The van der Waals surface area contributed by atoms with Crippen LogP contribution in [-0.2, 0) is 46.5 Å². The topological polar surface area (TPSA) is 424 Å². The number of carboxylic acids is 6. The van der Waals surface area contributed by atoms with Crippen LogP contribution in [-0.4, -0.2) is 155 Å². The van der Waals surface area contributed by atoms with E-state index in [9.17, 15) is 77.6 Å². The number of hydrogen-bond acceptors (Lipinski definition) is 13. The smallest absolute Gasteiger partial charge is 0.326 e. The summed E-state index contributed by atoms with van der Waals surface area (Å²) >= 11 is 0. The van der Waals surface area contributed by atoms with Crippen LogP contribution in [0, 0.1) is 0 Å². The number of aryl methyl sites for hydroxylation is 1. The Morgan fingerprint density at radius 3 is 1.37 bits per heavy atom. The van der Waals surface area contributed by atoms with E-state index in [1.807, 2.05) is 10.6 Å². The Labute approximate surface area is 379 Å². The monoisotopic (exact) mass is 952 g/mol. The van der Waals surface area contributed by atoms with E-state index in [4.69, 9.17) is 10.2 Å². The standard InChI is InChI=1S/C39H53FN10O17/c40-13-5-6-23-19-50(49-48-23)20-29(51)43-24-17-21(32(56)41-14-3-1-7-25(34(58)59)44-38(66)46-27(36(62)63)9-11-30(52)53)16-22(18-24)33(57)42-15-4-2-8-26(35(60)61)45-39(67)47-28(37(64)65)10-12-31(54)55/h16-19,25-28H,1-15,20H2,(H,41,56)(H,42,57)(H,43,51)(H,52,53)(H,54,55)(H,58,59)(H,60,61)(H,62,63)(H,64,65)(H2,44,46,66)(H2,45,47,67)/t25-,26-,27-,28?/m0/s1. The number of unbranched alkanes of at least 4 members (excludes halogenated alkanes) is 2. The van der Waals surface area contributed by atoms with Crippen LogP contribution in [0.1, 0.15) is 97.0 Å². The van der Waals surface area contributed by atoms with Crippen LogP contribution in [0.4, 0.5) is 19.7 Å². The number of nitrogens with one attached hydrogen (secondary N) is 7.